The first-order valence-corrected chi connectivity index (χ1v) is 9.47. The largest absolute Gasteiger partial charge is 0.485 e. The van der Waals surface area contributed by atoms with Crippen molar-refractivity contribution >= 4 is 11.6 Å². The fourth-order valence-electron chi connectivity index (χ4n) is 3.54. The average molecular weight is 395 g/mol. The third-order valence-corrected chi connectivity index (χ3v) is 5.06. The number of aliphatic hydroxyl groups excluding tert-OH is 2. The van der Waals surface area contributed by atoms with Gasteiger partial charge in [-0.2, -0.15) is 5.26 Å². The molecule has 7 heteroatoms. The number of anilines is 1. The zero-order chi connectivity index (χ0) is 21.0. The van der Waals surface area contributed by atoms with E-state index >= 15 is 0 Å². The molecule has 0 bridgehead atoms. The highest BCUT2D eigenvalue weighted by atomic mass is 16.5. The molecule has 0 radical (unpaired) electrons. The van der Waals surface area contributed by atoms with Crippen LogP contribution in [0.25, 0.3) is 0 Å². The maximum Gasteiger partial charge on any atom is 0.242 e. The van der Waals surface area contributed by atoms with Crippen molar-refractivity contribution in [3.63, 3.8) is 0 Å². The minimum atomic E-state index is -1.05. The van der Waals surface area contributed by atoms with Gasteiger partial charge in [0, 0.05) is 17.8 Å². The van der Waals surface area contributed by atoms with E-state index in [9.17, 15) is 20.3 Å². The van der Waals surface area contributed by atoms with Crippen LogP contribution in [0.1, 0.15) is 31.0 Å². The van der Waals surface area contributed by atoms with Gasteiger partial charge in [-0.1, -0.05) is 18.2 Å². The van der Waals surface area contributed by atoms with Crippen molar-refractivity contribution in [2.75, 3.05) is 25.0 Å². The normalized spacial score (nSPS) is 19.4. The number of rotatable bonds is 6. The third kappa shape index (κ3) is 4.34. The summed E-state index contributed by atoms with van der Waals surface area (Å²) in [4.78, 5) is 14.5. The molecule has 152 valence electrons. The van der Waals surface area contributed by atoms with Crippen LogP contribution in [0, 0.1) is 11.3 Å². The van der Waals surface area contributed by atoms with Crippen LogP contribution < -0.4 is 10.1 Å². The number of fused-ring (bicyclic) bond motifs is 1. The Labute approximate surface area is 170 Å². The van der Waals surface area contributed by atoms with Crippen LogP contribution >= 0.6 is 0 Å². The van der Waals surface area contributed by atoms with Crippen LogP contribution in [0.2, 0.25) is 0 Å². The molecule has 2 unspecified atom stereocenters. The molecular weight excluding hydrogens is 370 g/mol. The van der Waals surface area contributed by atoms with Crippen LogP contribution in [-0.4, -0.2) is 52.4 Å². The van der Waals surface area contributed by atoms with Gasteiger partial charge >= 0.3 is 0 Å². The summed E-state index contributed by atoms with van der Waals surface area (Å²) in [5, 5.41) is 33.0. The molecule has 3 rings (SSSR count). The van der Waals surface area contributed by atoms with Crippen LogP contribution in [0.4, 0.5) is 5.69 Å². The highest BCUT2D eigenvalue weighted by Crippen LogP contribution is 2.43. The van der Waals surface area contributed by atoms with Crippen molar-refractivity contribution in [1.29, 1.82) is 5.26 Å². The van der Waals surface area contributed by atoms with E-state index in [4.69, 9.17) is 4.74 Å². The fourth-order valence-corrected chi connectivity index (χ4v) is 3.54. The van der Waals surface area contributed by atoms with E-state index in [1.807, 2.05) is 30.3 Å². The van der Waals surface area contributed by atoms with E-state index in [0.29, 0.717) is 16.9 Å². The van der Waals surface area contributed by atoms with Crippen molar-refractivity contribution in [1.82, 2.24) is 4.90 Å². The second-order valence-electron chi connectivity index (χ2n) is 7.49. The first-order chi connectivity index (χ1) is 13.9. The van der Waals surface area contributed by atoms with Crippen molar-refractivity contribution < 1.29 is 19.7 Å². The lowest BCUT2D eigenvalue weighted by Crippen LogP contribution is -2.55. The smallest absolute Gasteiger partial charge is 0.242 e. The summed E-state index contributed by atoms with van der Waals surface area (Å²) in [6.45, 7) is 3.28. The summed E-state index contributed by atoms with van der Waals surface area (Å²) in [6, 6.07) is 15.6. The number of nitrogens with one attached hydrogen (secondary N) is 1. The van der Waals surface area contributed by atoms with E-state index in [-0.39, 0.29) is 25.6 Å². The minimum absolute atomic E-state index is 0.00178. The Hall–Kier alpha value is -3.08. The molecule has 1 amide bonds. The Balaban J connectivity index is 1.94. The van der Waals surface area contributed by atoms with Gasteiger partial charge < -0.3 is 25.2 Å². The standard InChI is InChI=1S/C22H25N3O4/c1-22(2)21(28)20(17-12-15(13-23)8-9-18(17)29-22)25(10-11-26)19(27)14-24-16-6-4-3-5-7-16/h3-9,12,20-21,24,26,28H,10-11,14H2,1-2H3. The van der Waals surface area contributed by atoms with Crippen LogP contribution in [0.15, 0.2) is 48.5 Å². The van der Waals surface area contributed by atoms with Crippen molar-refractivity contribution in [2.45, 2.75) is 31.6 Å². The number of amides is 1. The Kier molecular flexibility index (Phi) is 6.06. The van der Waals surface area contributed by atoms with Gasteiger partial charge in [0.05, 0.1) is 30.8 Å². The third-order valence-electron chi connectivity index (χ3n) is 5.06. The molecule has 0 saturated carbocycles. The molecule has 3 N–H and O–H groups in total. The second-order valence-corrected chi connectivity index (χ2v) is 7.49. The zero-order valence-corrected chi connectivity index (χ0v) is 16.5. The number of benzene rings is 2. The van der Waals surface area contributed by atoms with Crippen molar-refractivity contribution in [2.24, 2.45) is 0 Å². The van der Waals surface area contributed by atoms with E-state index < -0.39 is 17.7 Å². The molecule has 7 nitrogen and oxygen atoms in total. The fraction of sp³-hybridized carbons (Fsp3) is 0.364. The van der Waals surface area contributed by atoms with Gasteiger partial charge in [0.25, 0.3) is 0 Å². The summed E-state index contributed by atoms with van der Waals surface area (Å²) in [5.74, 6) is 0.231. The second kappa shape index (κ2) is 8.52. The number of aliphatic hydroxyl groups is 2. The van der Waals surface area contributed by atoms with Crippen LogP contribution in [-0.2, 0) is 4.79 Å². The Morgan fingerprint density at radius 3 is 2.66 bits per heavy atom. The van der Waals surface area contributed by atoms with E-state index in [0.717, 1.165) is 5.69 Å². The van der Waals surface area contributed by atoms with Crippen molar-refractivity contribution in [3.05, 3.63) is 59.7 Å². The molecule has 2 aromatic rings. The molecular formula is C22H25N3O4. The number of carbonyl (C=O) groups is 1. The molecule has 1 aliphatic heterocycles. The van der Waals surface area contributed by atoms with Gasteiger partial charge in [0.15, 0.2) is 0 Å². The molecule has 1 aliphatic rings. The molecule has 0 aliphatic carbocycles. The molecule has 0 aromatic heterocycles. The summed E-state index contributed by atoms with van der Waals surface area (Å²) in [6.07, 6.45) is -1.05. The molecule has 0 fully saturated rings. The number of para-hydroxylation sites is 1. The number of nitriles is 1. The molecule has 1 heterocycles. The number of hydrogen-bond donors (Lipinski definition) is 3. The van der Waals surface area contributed by atoms with Gasteiger partial charge in [-0.25, -0.2) is 0 Å². The zero-order valence-electron chi connectivity index (χ0n) is 16.5. The number of nitrogens with zero attached hydrogens (tertiary/aromatic N) is 2. The monoisotopic (exact) mass is 395 g/mol. The summed E-state index contributed by atoms with van der Waals surface area (Å²) in [7, 11) is 0. The van der Waals surface area contributed by atoms with E-state index in [2.05, 4.69) is 11.4 Å². The van der Waals surface area contributed by atoms with E-state index in [1.165, 1.54) is 4.90 Å². The van der Waals surface area contributed by atoms with Gasteiger partial charge in [0.1, 0.15) is 17.5 Å². The molecule has 2 aromatic carbocycles. The Morgan fingerprint density at radius 2 is 2.00 bits per heavy atom. The van der Waals surface area contributed by atoms with Gasteiger partial charge in [-0.3, -0.25) is 4.79 Å². The number of ether oxygens (including phenoxy) is 1. The first kappa shape index (κ1) is 20.6. The van der Waals surface area contributed by atoms with Gasteiger partial charge in [-0.15, -0.1) is 0 Å². The van der Waals surface area contributed by atoms with E-state index in [1.54, 1.807) is 32.0 Å². The summed E-state index contributed by atoms with van der Waals surface area (Å²) >= 11 is 0. The minimum Gasteiger partial charge on any atom is -0.485 e. The lowest BCUT2D eigenvalue weighted by molar-refractivity contribution is -0.143. The SMILES string of the molecule is CC1(C)Oc2ccc(C#N)cc2C(N(CCO)C(=O)CNc2ccccc2)C1O. The first-order valence-electron chi connectivity index (χ1n) is 9.47. The predicted molar refractivity (Wildman–Crippen MR) is 108 cm³/mol. The van der Waals surface area contributed by atoms with Crippen LogP contribution in [0.5, 0.6) is 5.75 Å². The Morgan fingerprint density at radius 1 is 1.28 bits per heavy atom. The summed E-state index contributed by atoms with van der Waals surface area (Å²) in [5.41, 5.74) is 0.803. The quantitative estimate of drug-likeness (QED) is 0.691. The lowest BCUT2D eigenvalue weighted by Gasteiger charge is -2.46. The maximum absolute atomic E-state index is 13.1. The maximum atomic E-state index is 13.1. The number of carbonyl (C=O) groups excluding carboxylic acids is 1. The van der Waals surface area contributed by atoms with Gasteiger partial charge in [0.2, 0.25) is 5.91 Å². The number of hydrogen-bond acceptors (Lipinski definition) is 6. The van der Waals surface area contributed by atoms with Gasteiger partial charge in [-0.05, 0) is 44.2 Å². The molecule has 2 atom stereocenters. The summed E-state index contributed by atoms with van der Waals surface area (Å²) < 4.78 is 5.92. The van der Waals surface area contributed by atoms with Crippen LogP contribution in [0.3, 0.4) is 0 Å². The highest BCUT2D eigenvalue weighted by Gasteiger charge is 2.46. The Bertz CT molecular complexity index is 908. The topological polar surface area (TPSA) is 106 Å². The lowest BCUT2D eigenvalue weighted by atomic mass is 9.85. The predicted octanol–water partition coefficient (Wildman–Crippen LogP) is 2.06. The molecule has 29 heavy (non-hydrogen) atoms. The average Bonchev–Trinajstić information content (AvgIpc) is 2.72. The van der Waals surface area contributed by atoms with Crippen molar-refractivity contribution in [3.8, 4) is 11.8 Å². The highest BCUT2D eigenvalue weighted by molar-refractivity contribution is 5.81. The molecule has 0 spiro atoms. The molecule has 0 saturated heterocycles.